The number of halogens is 2. The van der Waals surface area contributed by atoms with Gasteiger partial charge in [-0.15, -0.1) is 0 Å². The normalized spacial score (nSPS) is 9.76. The average Bonchev–Trinajstić information content (AvgIpc) is 2.49. The lowest BCUT2D eigenvalue weighted by atomic mass is 10.2. The van der Waals surface area contributed by atoms with E-state index >= 15 is 0 Å². The summed E-state index contributed by atoms with van der Waals surface area (Å²) in [5, 5.41) is 10.9. The maximum absolute atomic E-state index is 13.8. The standard InChI is InChI=1S/C15H10ClFN2O2/c16-11-5-3-4-10(14(11)17)15(20)19-12-6-1-2-7-13(12)21-9-8-18/h1-7H,9H2,(H,19,20). The predicted octanol–water partition coefficient (Wildman–Crippen LogP) is 3.63. The number of nitriles is 1. The Bertz CT molecular complexity index is 713. The van der Waals surface area contributed by atoms with Gasteiger partial charge in [-0.25, -0.2) is 4.39 Å². The Kier molecular flexibility index (Phi) is 4.75. The van der Waals surface area contributed by atoms with Gasteiger partial charge in [-0.2, -0.15) is 5.26 Å². The highest BCUT2D eigenvalue weighted by Gasteiger charge is 2.15. The molecule has 0 bridgehead atoms. The molecule has 0 aromatic heterocycles. The zero-order valence-electron chi connectivity index (χ0n) is 10.8. The van der Waals surface area contributed by atoms with Crippen LogP contribution in [0, 0.1) is 17.1 Å². The van der Waals surface area contributed by atoms with Gasteiger partial charge in [0.25, 0.3) is 5.91 Å². The molecule has 2 rings (SSSR count). The molecule has 0 spiro atoms. The van der Waals surface area contributed by atoms with E-state index in [4.69, 9.17) is 21.6 Å². The van der Waals surface area contributed by atoms with Crippen LogP contribution < -0.4 is 10.1 Å². The van der Waals surface area contributed by atoms with E-state index in [-0.39, 0.29) is 17.2 Å². The number of carbonyl (C=O) groups excluding carboxylic acids is 1. The van der Waals surface area contributed by atoms with Crippen molar-refractivity contribution in [2.24, 2.45) is 0 Å². The van der Waals surface area contributed by atoms with E-state index in [1.807, 2.05) is 6.07 Å². The minimum Gasteiger partial charge on any atom is -0.477 e. The molecular formula is C15H10ClFN2O2. The average molecular weight is 305 g/mol. The largest absolute Gasteiger partial charge is 0.477 e. The third kappa shape index (κ3) is 3.50. The van der Waals surface area contributed by atoms with E-state index < -0.39 is 11.7 Å². The lowest BCUT2D eigenvalue weighted by Gasteiger charge is -2.11. The van der Waals surface area contributed by atoms with E-state index in [1.54, 1.807) is 24.3 Å². The molecule has 1 amide bonds. The van der Waals surface area contributed by atoms with E-state index in [2.05, 4.69) is 5.32 Å². The molecule has 2 aromatic rings. The Morgan fingerprint density at radius 2 is 2.05 bits per heavy atom. The van der Waals surface area contributed by atoms with Crippen LogP contribution in [-0.4, -0.2) is 12.5 Å². The van der Waals surface area contributed by atoms with Gasteiger partial charge in [0.2, 0.25) is 0 Å². The zero-order valence-corrected chi connectivity index (χ0v) is 11.5. The molecular weight excluding hydrogens is 295 g/mol. The molecule has 4 nitrogen and oxygen atoms in total. The maximum atomic E-state index is 13.8. The van der Waals surface area contributed by atoms with Crippen molar-refractivity contribution in [3.05, 3.63) is 58.9 Å². The molecule has 0 saturated heterocycles. The zero-order chi connectivity index (χ0) is 15.2. The van der Waals surface area contributed by atoms with Crippen LogP contribution in [0.25, 0.3) is 0 Å². The maximum Gasteiger partial charge on any atom is 0.258 e. The number of carbonyl (C=O) groups is 1. The molecule has 0 heterocycles. The third-order valence-electron chi connectivity index (χ3n) is 2.62. The Morgan fingerprint density at radius 1 is 1.29 bits per heavy atom. The highest BCUT2D eigenvalue weighted by molar-refractivity contribution is 6.31. The van der Waals surface area contributed by atoms with Crippen LogP contribution in [0.2, 0.25) is 5.02 Å². The molecule has 2 aromatic carbocycles. The summed E-state index contributed by atoms with van der Waals surface area (Å²) >= 11 is 5.64. The summed E-state index contributed by atoms with van der Waals surface area (Å²) in [6.45, 7) is -0.154. The molecule has 6 heteroatoms. The number of anilines is 1. The summed E-state index contributed by atoms with van der Waals surface area (Å²) in [6, 6.07) is 12.6. The predicted molar refractivity (Wildman–Crippen MR) is 76.9 cm³/mol. The second kappa shape index (κ2) is 6.73. The van der Waals surface area contributed by atoms with Crippen molar-refractivity contribution < 1.29 is 13.9 Å². The first-order chi connectivity index (χ1) is 10.1. The summed E-state index contributed by atoms with van der Waals surface area (Å²) in [7, 11) is 0. The van der Waals surface area contributed by atoms with Crippen LogP contribution >= 0.6 is 11.6 Å². The van der Waals surface area contributed by atoms with Crippen LogP contribution in [0.3, 0.4) is 0 Å². The number of para-hydroxylation sites is 2. The first kappa shape index (κ1) is 14.8. The van der Waals surface area contributed by atoms with Crippen molar-refractivity contribution in [2.75, 3.05) is 11.9 Å². The van der Waals surface area contributed by atoms with Crippen molar-refractivity contribution in [1.82, 2.24) is 0 Å². The smallest absolute Gasteiger partial charge is 0.258 e. The molecule has 0 radical (unpaired) electrons. The molecule has 21 heavy (non-hydrogen) atoms. The summed E-state index contributed by atoms with van der Waals surface area (Å²) in [6.07, 6.45) is 0. The van der Waals surface area contributed by atoms with E-state index in [1.165, 1.54) is 18.2 Å². The molecule has 0 unspecified atom stereocenters. The van der Waals surface area contributed by atoms with Gasteiger partial charge in [-0.1, -0.05) is 29.8 Å². The molecule has 0 fully saturated rings. The number of nitrogens with zero attached hydrogens (tertiary/aromatic N) is 1. The monoisotopic (exact) mass is 304 g/mol. The summed E-state index contributed by atoms with van der Waals surface area (Å²) in [5.41, 5.74) is 0.176. The number of hydrogen-bond donors (Lipinski definition) is 1. The summed E-state index contributed by atoms with van der Waals surface area (Å²) in [4.78, 5) is 12.1. The van der Waals surface area contributed by atoms with Gasteiger partial charge >= 0.3 is 0 Å². The number of hydrogen-bond acceptors (Lipinski definition) is 3. The minimum absolute atomic E-state index is 0.128. The Labute approximate surface area is 125 Å². The lowest BCUT2D eigenvalue weighted by molar-refractivity contribution is 0.102. The van der Waals surface area contributed by atoms with Crippen LogP contribution in [0.5, 0.6) is 5.75 Å². The van der Waals surface area contributed by atoms with Crippen molar-refractivity contribution in [3.8, 4) is 11.8 Å². The number of benzene rings is 2. The second-order valence-corrected chi connectivity index (χ2v) is 4.41. The van der Waals surface area contributed by atoms with Gasteiger partial charge < -0.3 is 10.1 Å². The fraction of sp³-hybridized carbons (Fsp3) is 0.0667. The first-order valence-electron chi connectivity index (χ1n) is 5.97. The van der Waals surface area contributed by atoms with Crippen LogP contribution in [-0.2, 0) is 0 Å². The fourth-order valence-electron chi connectivity index (χ4n) is 1.67. The molecule has 106 valence electrons. The van der Waals surface area contributed by atoms with Gasteiger partial charge in [0, 0.05) is 0 Å². The van der Waals surface area contributed by atoms with Crippen molar-refractivity contribution in [2.45, 2.75) is 0 Å². The van der Waals surface area contributed by atoms with Crippen LogP contribution in [0.15, 0.2) is 42.5 Å². The molecule has 0 aliphatic heterocycles. The first-order valence-corrected chi connectivity index (χ1v) is 6.35. The van der Waals surface area contributed by atoms with Gasteiger partial charge in [0.1, 0.15) is 11.8 Å². The van der Waals surface area contributed by atoms with Crippen molar-refractivity contribution in [3.63, 3.8) is 0 Å². The summed E-state index contributed by atoms with van der Waals surface area (Å²) < 4.78 is 19.0. The van der Waals surface area contributed by atoms with Gasteiger partial charge in [0.15, 0.2) is 12.4 Å². The molecule has 1 N–H and O–H groups in total. The quantitative estimate of drug-likeness (QED) is 0.938. The second-order valence-electron chi connectivity index (χ2n) is 4.00. The lowest BCUT2D eigenvalue weighted by Crippen LogP contribution is -2.14. The molecule has 0 aliphatic carbocycles. The van der Waals surface area contributed by atoms with Gasteiger partial charge in [-0.3, -0.25) is 4.79 Å². The Balaban J connectivity index is 2.24. The fourth-order valence-corrected chi connectivity index (χ4v) is 1.85. The van der Waals surface area contributed by atoms with Gasteiger partial charge in [0.05, 0.1) is 16.3 Å². The highest BCUT2D eigenvalue weighted by atomic mass is 35.5. The van der Waals surface area contributed by atoms with Gasteiger partial charge in [-0.05, 0) is 24.3 Å². The summed E-state index contributed by atoms with van der Waals surface area (Å²) in [5.74, 6) is -1.11. The Hall–Kier alpha value is -2.58. The third-order valence-corrected chi connectivity index (χ3v) is 2.92. The minimum atomic E-state index is -0.785. The molecule has 0 saturated carbocycles. The van der Waals surface area contributed by atoms with Crippen LogP contribution in [0.4, 0.5) is 10.1 Å². The molecule has 0 aliphatic rings. The van der Waals surface area contributed by atoms with E-state index in [9.17, 15) is 9.18 Å². The van der Waals surface area contributed by atoms with Crippen LogP contribution in [0.1, 0.15) is 10.4 Å². The highest BCUT2D eigenvalue weighted by Crippen LogP contribution is 2.25. The number of amides is 1. The van der Waals surface area contributed by atoms with E-state index in [0.717, 1.165) is 0 Å². The Morgan fingerprint density at radius 3 is 2.81 bits per heavy atom. The van der Waals surface area contributed by atoms with E-state index in [0.29, 0.717) is 11.4 Å². The molecule has 0 atom stereocenters. The van der Waals surface area contributed by atoms with Crippen molar-refractivity contribution in [1.29, 1.82) is 5.26 Å². The topological polar surface area (TPSA) is 62.1 Å². The van der Waals surface area contributed by atoms with Crippen molar-refractivity contribution >= 4 is 23.2 Å². The number of nitrogens with one attached hydrogen (secondary N) is 1. The SMILES string of the molecule is N#CCOc1ccccc1NC(=O)c1cccc(Cl)c1F. The number of rotatable bonds is 4. The number of ether oxygens (including phenoxy) is 1.